The average Bonchev–Trinajstić information content (AvgIpc) is 2.21. The van der Waals surface area contributed by atoms with Crippen LogP contribution in [-0.2, 0) is 17.4 Å². The van der Waals surface area contributed by atoms with E-state index in [1.54, 1.807) is 6.07 Å². The quantitative estimate of drug-likeness (QED) is 0.878. The van der Waals surface area contributed by atoms with Crippen molar-refractivity contribution in [2.45, 2.75) is 38.4 Å². The van der Waals surface area contributed by atoms with Crippen LogP contribution in [0.1, 0.15) is 32.8 Å². The molecule has 2 atom stereocenters. The lowest BCUT2D eigenvalue weighted by molar-refractivity contribution is 0.454. The molecule has 0 saturated heterocycles. The third-order valence-electron chi connectivity index (χ3n) is 2.97. The first kappa shape index (κ1) is 15.8. The van der Waals surface area contributed by atoms with Gasteiger partial charge in [0.1, 0.15) is 5.82 Å². The third kappa shape index (κ3) is 4.44. The average molecular weight is 336 g/mol. The minimum atomic E-state index is -1.34. The fourth-order valence-electron chi connectivity index (χ4n) is 2.06. The Bertz CT molecular complexity index is 451. The number of hydrogen-bond acceptors (Lipinski definition) is 1. The maximum absolute atomic E-state index is 13.0. The molecule has 0 amide bonds. The number of hydrogen-bond donors (Lipinski definition) is 1. The molecule has 0 aliphatic carbocycles. The molecule has 0 aromatic heterocycles. The van der Waals surface area contributed by atoms with E-state index in [1.165, 1.54) is 12.1 Å². The molecule has 1 rings (SSSR count). The summed E-state index contributed by atoms with van der Waals surface area (Å²) >= 11 is 3.36. The van der Waals surface area contributed by atoms with Gasteiger partial charge in [-0.2, -0.15) is 0 Å². The van der Waals surface area contributed by atoms with Crippen LogP contribution < -0.4 is 5.14 Å². The molecule has 102 valence electrons. The molecule has 0 saturated carbocycles. The lowest BCUT2D eigenvalue weighted by Gasteiger charge is -2.25. The first-order valence-corrected chi connectivity index (χ1v) is 7.83. The molecule has 1 aromatic rings. The molecular formula is C13H19BrFNOS. The molecule has 5 heteroatoms. The third-order valence-corrected chi connectivity index (χ3v) is 4.96. The normalized spacial score (nSPS) is 15.4. The van der Waals surface area contributed by atoms with E-state index >= 15 is 0 Å². The van der Waals surface area contributed by atoms with Crippen molar-refractivity contribution in [2.24, 2.45) is 11.1 Å². The highest BCUT2D eigenvalue weighted by Crippen LogP contribution is 2.26. The van der Waals surface area contributed by atoms with Crippen molar-refractivity contribution in [3.05, 3.63) is 34.1 Å². The second-order valence-electron chi connectivity index (χ2n) is 5.31. The van der Waals surface area contributed by atoms with Gasteiger partial charge in [-0.15, -0.1) is 0 Å². The zero-order valence-electron chi connectivity index (χ0n) is 10.9. The van der Waals surface area contributed by atoms with Gasteiger partial charge < -0.3 is 0 Å². The molecule has 0 aliphatic rings. The summed E-state index contributed by atoms with van der Waals surface area (Å²) in [6.45, 7) is 5.89. The van der Waals surface area contributed by atoms with Crippen molar-refractivity contribution in [1.29, 1.82) is 0 Å². The SMILES string of the molecule is C[C@H](Cc1ccc(F)cc1Br)CC(C)(C)S(N)=O. The summed E-state index contributed by atoms with van der Waals surface area (Å²) in [4.78, 5) is 0. The summed E-state index contributed by atoms with van der Waals surface area (Å²) in [6.07, 6.45) is 1.57. The van der Waals surface area contributed by atoms with Crippen molar-refractivity contribution in [3.8, 4) is 0 Å². The Morgan fingerprint density at radius 1 is 1.50 bits per heavy atom. The molecule has 0 radical (unpaired) electrons. The van der Waals surface area contributed by atoms with Gasteiger partial charge in [-0.3, -0.25) is 5.14 Å². The second-order valence-corrected chi connectivity index (χ2v) is 7.86. The molecule has 2 N–H and O–H groups in total. The van der Waals surface area contributed by atoms with E-state index < -0.39 is 15.7 Å². The van der Waals surface area contributed by atoms with E-state index in [2.05, 4.69) is 22.9 Å². The van der Waals surface area contributed by atoms with Crippen LogP contribution >= 0.6 is 15.9 Å². The molecule has 0 fully saturated rings. The van der Waals surface area contributed by atoms with Gasteiger partial charge >= 0.3 is 0 Å². The summed E-state index contributed by atoms with van der Waals surface area (Å²) in [5.41, 5.74) is 1.06. The lowest BCUT2D eigenvalue weighted by Crippen LogP contribution is -2.34. The summed E-state index contributed by atoms with van der Waals surface area (Å²) in [5, 5.41) is 5.48. The minimum absolute atomic E-state index is 0.248. The van der Waals surface area contributed by atoms with Crippen molar-refractivity contribution in [3.63, 3.8) is 0 Å². The fourth-order valence-corrected chi connectivity index (χ4v) is 3.02. The van der Waals surface area contributed by atoms with Gasteiger partial charge in [-0.05, 0) is 50.3 Å². The van der Waals surface area contributed by atoms with Crippen LogP contribution in [-0.4, -0.2) is 8.96 Å². The Balaban J connectivity index is 2.70. The summed E-state index contributed by atoms with van der Waals surface area (Å²) in [7, 11) is -1.34. The highest BCUT2D eigenvalue weighted by atomic mass is 79.9. The van der Waals surface area contributed by atoms with Crippen molar-refractivity contribution < 1.29 is 8.60 Å². The van der Waals surface area contributed by atoms with Crippen LogP contribution in [0.5, 0.6) is 0 Å². The summed E-state index contributed by atoms with van der Waals surface area (Å²) in [6, 6.07) is 4.70. The van der Waals surface area contributed by atoms with Crippen LogP contribution in [0.2, 0.25) is 0 Å². The van der Waals surface area contributed by atoms with E-state index in [-0.39, 0.29) is 5.82 Å². The Hall–Kier alpha value is -0.260. The molecule has 0 aliphatic heterocycles. The Morgan fingerprint density at radius 2 is 2.11 bits per heavy atom. The molecule has 1 unspecified atom stereocenters. The number of rotatable bonds is 5. The Morgan fingerprint density at radius 3 is 2.61 bits per heavy atom. The van der Waals surface area contributed by atoms with E-state index in [0.29, 0.717) is 5.92 Å². The number of halogens is 2. The van der Waals surface area contributed by atoms with Gasteiger partial charge in [-0.1, -0.05) is 28.9 Å². The van der Waals surface area contributed by atoms with Crippen molar-refractivity contribution >= 4 is 26.9 Å². The minimum Gasteiger partial charge on any atom is -0.251 e. The Labute approximate surface area is 119 Å². The van der Waals surface area contributed by atoms with Crippen LogP contribution in [0.3, 0.4) is 0 Å². The van der Waals surface area contributed by atoms with Gasteiger partial charge in [0.2, 0.25) is 0 Å². The highest BCUT2D eigenvalue weighted by Gasteiger charge is 2.26. The van der Waals surface area contributed by atoms with Crippen molar-refractivity contribution in [1.82, 2.24) is 0 Å². The molecule has 18 heavy (non-hydrogen) atoms. The van der Waals surface area contributed by atoms with Gasteiger partial charge in [0.05, 0.1) is 15.7 Å². The largest absolute Gasteiger partial charge is 0.251 e. The molecule has 0 heterocycles. The van der Waals surface area contributed by atoms with E-state index in [4.69, 9.17) is 5.14 Å². The zero-order valence-corrected chi connectivity index (χ0v) is 13.3. The monoisotopic (exact) mass is 335 g/mol. The summed E-state index contributed by atoms with van der Waals surface area (Å²) < 4.78 is 24.8. The van der Waals surface area contributed by atoms with Gasteiger partial charge in [-0.25, -0.2) is 8.60 Å². The van der Waals surface area contributed by atoms with Crippen LogP contribution in [0.15, 0.2) is 22.7 Å². The predicted molar refractivity (Wildman–Crippen MR) is 78.0 cm³/mol. The first-order valence-electron chi connectivity index (χ1n) is 5.82. The lowest BCUT2D eigenvalue weighted by atomic mass is 9.92. The smallest absolute Gasteiger partial charge is 0.124 e. The fraction of sp³-hybridized carbons (Fsp3) is 0.538. The molecule has 1 aromatic carbocycles. The first-order chi connectivity index (χ1) is 8.22. The predicted octanol–water partition coefficient (Wildman–Crippen LogP) is 3.56. The van der Waals surface area contributed by atoms with Gasteiger partial charge in [0, 0.05) is 4.47 Å². The van der Waals surface area contributed by atoms with Gasteiger partial charge in [0.15, 0.2) is 0 Å². The maximum atomic E-state index is 13.0. The molecule has 2 nitrogen and oxygen atoms in total. The van der Waals surface area contributed by atoms with E-state index in [9.17, 15) is 8.60 Å². The van der Waals surface area contributed by atoms with Crippen LogP contribution in [0.4, 0.5) is 4.39 Å². The summed E-state index contributed by atoms with van der Waals surface area (Å²) in [5.74, 6) is 0.0796. The maximum Gasteiger partial charge on any atom is 0.124 e. The van der Waals surface area contributed by atoms with Crippen molar-refractivity contribution in [2.75, 3.05) is 0 Å². The van der Waals surface area contributed by atoms with E-state index in [1.807, 2.05) is 13.8 Å². The number of nitrogens with two attached hydrogens (primary N) is 1. The Kier molecular flexibility index (Phi) is 5.49. The molecular weight excluding hydrogens is 317 g/mol. The molecule has 0 bridgehead atoms. The van der Waals surface area contributed by atoms with E-state index in [0.717, 1.165) is 22.9 Å². The topological polar surface area (TPSA) is 43.1 Å². The number of benzene rings is 1. The zero-order chi connectivity index (χ0) is 13.9. The second kappa shape index (κ2) is 6.26. The molecule has 0 spiro atoms. The standard InChI is InChI=1S/C13H19BrFNOS/c1-9(8-13(2,3)18(16)17)6-10-4-5-11(15)7-12(10)14/h4-5,7,9H,6,8,16H2,1-3H3/t9-,18?/m1/s1. The van der Waals surface area contributed by atoms with Gasteiger partial charge in [0.25, 0.3) is 0 Å². The van der Waals surface area contributed by atoms with Crippen LogP contribution in [0, 0.1) is 11.7 Å². The highest BCUT2D eigenvalue weighted by molar-refractivity contribution is 9.10. The van der Waals surface area contributed by atoms with Crippen LogP contribution in [0.25, 0.3) is 0 Å².